The summed E-state index contributed by atoms with van der Waals surface area (Å²) in [5.41, 5.74) is 1.07. The van der Waals surface area contributed by atoms with E-state index in [1.165, 1.54) is 44.6 Å². The van der Waals surface area contributed by atoms with Crippen molar-refractivity contribution in [1.29, 1.82) is 0 Å². The second kappa shape index (κ2) is 12.0. The van der Waals surface area contributed by atoms with E-state index >= 15 is 0 Å². The lowest BCUT2D eigenvalue weighted by atomic mass is 10.1. The maximum absolute atomic E-state index is 12.9. The summed E-state index contributed by atoms with van der Waals surface area (Å²) >= 11 is 0. The summed E-state index contributed by atoms with van der Waals surface area (Å²) < 4.78 is 43.9. The summed E-state index contributed by atoms with van der Waals surface area (Å²) in [6, 6.07) is 19.0. The number of methoxy groups -OCH3 is 2. The fourth-order valence-electron chi connectivity index (χ4n) is 3.05. The van der Waals surface area contributed by atoms with Gasteiger partial charge >= 0.3 is 5.97 Å². The third-order valence-corrected chi connectivity index (χ3v) is 6.24. The molecule has 0 aliphatic carbocycles. The summed E-state index contributed by atoms with van der Waals surface area (Å²) in [5, 5.41) is 2.70. The van der Waals surface area contributed by atoms with Crippen LogP contribution in [0.1, 0.15) is 15.9 Å². The number of rotatable bonds is 11. The molecule has 184 valence electrons. The second-order valence-electron chi connectivity index (χ2n) is 7.38. The third kappa shape index (κ3) is 7.29. The summed E-state index contributed by atoms with van der Waals surface area (Å²) in [6.45, 7) is 0.642. The van der Waals surface area contributed by atoms with E-state index in [9.17, 15) is 18.0 Å². The molecule has 0 unspecified atom stereocenters. The molecule has 0 saturated heterocycles. The lowest BCUT2D eigenvalue weighted by Crippen LogP contribution is -2.27. The first-order valence-electron chi connectivity index (χ1n) is 10.6. The number of carbonyl (C=O) groups excluding carboxylic acids is 2. The molecule has 35 heavy (non-hydrogen) atoms. The van der Waals surface area contributed by atoms with Gasteiger partial charge in [0.05, 0.1) is 30.7 Å². The van der Waals surface area contributed by atoms with Crippen molar-refractivity contribution in [3.8, 4) is 11.5 Å². The second-order valence-corrected chi connectivity index (χ2v) is 9.06. The first kappa shape index (κ1) is 25.7. The molecule has 10 heteroatoms. The standard InChI is InChI=1S/C25H26N2O7S/c1-32-15-14-26-25(29)19-10-13-23(34-20-11-8-18(9-12-20)16-24(28)33-2)22(17-19)27-35(30,31)21-6-4-3-5-7-21/h3-13,17,27H,14-16H2,1-2H3,(H,26,29). The minimum absolute atomic E-state index is 0.0630. The molecule has 0 bridgehead atoms. The van der Waals surface area contributed by atoms with Crippen molar-refractivity contribution in [3.63, 3.8) is 0 Å². The fraction of sp³-hybridized carbons (Fsp3) is 0.200. The zero-order valence-corrected chi connectivity index (χ0v) is 20.1. The molecule has 0 aromatic heterocycles. The van der Waals surface area contributed by atoms with Crippen LogP contribution in [0, 0.1) is 0 Å². The van der Waals surface area contributed by atoms with Crippen LogP contribution < -0.4 is 14.8 Å². The molecule has 3 rings (SSSR count). The lowest BCUT2D eigenvalue weighted by molar-refractivity contribution is -0.139. The molecule has 0 saturated carbocycles. The van der Waals surface area contributed by atoms with Gasteiger partial charge in [-0.05, 0) is 48.0 Å². The topological polar surface area (TPSA) is 120 Å². The van der Waals surface area contributed by atoms with Crippen LogP contribution in [0.3, 0.4) is 0 Å². The van der Waals surface area contributed by atoms with Crippen LogP contribution in [0.25, 0.3) is 0 Å². The molecule has 0 atom stereocenters. The molecule has 0 fully saturated rings. The Labute approximate surface area is 204 Å². The number of ether oxygens (including phenoxy) is 3. The van der Waals surface area contributed by atoms with E-state index in [1.807, 2.05) is 0 Å². The minimum Gasteiger partial charge on any atom is -0.469 e. The summed E-state index contributed by atoms with van der Waals surface area (Å²) in [4.78, 5) is 24.0. The van der Waals surface area contributed by atoms with E-state index in [1.54, 1.807) is 42.5 Å². The van der Waals surface area contributed by atoms with E-state index < -0.39 is 10.0 Å². The van der Waals surface area contributed by atoms with Crippen molar-refractivity contribution in [2.24, 2.45) is 0 Å². The number of nitrogens with one attached hydrogen (secondary N) is 2. The Morgan fingerprint density at radius 2 is 1.63 bits per heavy atom. The Balaban J connectivity index is 1.89. The molecular weight excluding hydrogens is 472 g/mol. The van der Waals surface area contributed by atoms with Crippen LogP contribution >= 0.6 is 0 Å². The Morgan fingerprint density at radius 3 is 2.29 bits per heavy atom. The number of benzene rings is 3. The summed E-state index contributed by atoms with van der Waals surface area (Å²) in [6.07, 6.45) is 0.117. The molecule has 0 aliphatic rings. The predicted octanol–water partition coefficient (Wildman–Crippen LogP) is 3.37. The number of hydrogen-bond donors (Lipinski definition) is 2. The SMILES string of the molecule is COCCNC(=O)c1ccc(Oc2ccc(CC(=O)OC)cc2)c(NS(=O)(=O)c2ccccc2)c1. The molecule has 1 amide bonds. The molecule has 0 radical (unpaired) electrons. The minimum atomic E-state index is -3.95. The quantitative estimate of drug-likeness (QED) is 0.307. The van der Waals surface area contributed by atoms with Crippen LogP contribution in [0.2, 0.25) is 0 Å². The van der Waals surface area contributed by atoms with Gasteiger partial charge < -0.3 is 19.5 Å². The third-order valence-electron chi connectivity index (χ3n) is 4.86. The highest BCUT2D eigenvalue weighted by atomic mass is 32.2. The Kier molecular flexibility index (Phi) is 8.82. The number of amides is 1. The van der Waals surface area contributed by atoms with Crippen LogP contribution in [0.15, 0.2) is 77.7 Å². The maximum Gasteiger partial charge on any atom is 0.309 e. The highest BCUT2D eigenvalue weighted by Crippen LogP contribution is 2.32. The number of sulfonamides is 1. The van der Waals surface area contributed by atoms with E-state index in [-0.39, 0.29) is 40.2 Å². The van der Waals surface area contributed by atoms with E-state index in [4.69, 9.17) is 9.47 Å². The van der Waals surface area contributed by atoms with Gasteiger partial charge in [0.2, 0.25) is 0 Å². The number of hydrogen-bond acceptors (Lipinski definition) is 7. The Hall–Kier alpha value is -3.89. The van der Waals surface area contributed by atoms with Gasteiger partial charge in [-0.1, -0.05) is 30.3 Å². The van der Waals surface area contributed by atoms with Gasteiger partial charge in [-0.15, -0.1) is 0 Å². The van der Waals surface area contributed by atoms with Gasteiger partial charge in [0.1, 0.15) is 5.75 Å². The molecule has 3 aromatic carbocycles. The largest absolute Gasteiger partial charge is 0.469 e. The van der Waals surface area contributed by atoms with Crippen LogP contribution in [0.4, 0.5) is 5.69 Å². The van der Waals surface area contributed by atoms with Crippen LogP contribution in [0.5, 0.6) is 11.5 Å². The zero-order valence-electron chi connectivity index (χ0n) is 19.3. The molecule has 2 N–H and O–H groups in total. The average molecular weight is 499 g/mol. The predicted molar refractivity (Wildman–Crippen MR) is 130 cm³/mol. The summed E-state index contributed by atoms with van der Waals surface area (Å²) in [5.74, 6) is -0.147. The maximum atomic E-state index is 12.9. The normalized spacial score (nSPS) is 10.9. The Bertz CT molecular complexity index is 1260. The van der Waals surface area contributed by atoms with Gasteiger partial charge in [0.25, 0.3) is 15.9 Å². The number of esters is 1. The number of carbonyl (C=O) groups is 2. The van der Waals surface area contributed by atoms with Gasteiger partial charge in [0, 0.05) is 19.2 Å². The van der Waals surface area contributed by atoms with Crippen molar-refractivity contribution in [2.75, 3.05) is 32.1 Å². The van der Waals surface area contributed by atoms with Gasteiger partial charge in [-0.2, -0.15) is 0 Å². The van der Waals surface area contributed by atoms with Gasteiger partial charge in [0.15, 0.2) is 5.75 Å². The van der Waals surface area contributed by atoms with Crippen molar-refractivity contribution in [3.05, 3.63) is 83.9 Å². The highest BCUT2D eigenvalue weighted by Gasteiger charge is 2.19. The van der Waals surface area contributed by atoms with Crippen LogP contribution in [-0.4, -0.2) is 47.7 Å². The molecule has 0 aliphatic heterocycles. The molecule has 0 spiro atoms. The average Bonchev–Trinajstić information content (AvgIpc) is 2.86. The number of anilines is 1. The Morgan fingerprint density at radius 1 is 0.914 bits per heavy atom. The van der Waals surface area contributed by atoms with Crippen molar-refractivity contribution < 1.29 is 32.2 Å². The van der Waals surface area contributed by atoms with E-state index in [0.717, 1.165) is 5.56 Å². The van der Waals surface area contributed by atoms with Crippen molar-refractivity contribution in [1.82, 2.24) is 5.32 Å². The van der Waals surface area contributed by atoms with E-state index in [2.05, 4.69) is 14.8 Å². The zero-order chi connectivity index (χ0) is 25.3. The smallest absolute Gasteiger partial charge is 0.309 e. The summed E-state index contributed by atoms with van der Waals surface area (Å²) in [7, 11) is -1.10. The van der Waals surface area contributed by atoms with E-state index in [0.29, 0.717) is 18.9 Å². The molecule has 0 heterocycles. The van der Waals surface area contributed by atoms with Crippen molar-refractivity contribution >= 4 is 27.6 Å². The first-order chi connectivity index (χ1) is 16.8. The fourth-order valence-corrected chi connectivity index (χ4v) is 4.14. The first-order valence-corrected chi connectivity index (χ1v) is 12.1. The van der Waals surface area contributed by atoms with Gasteiger partial charge in [-0.25, -0.2) is 8.42 Å². The van der Waals surface area contributed by atoms with Gasteiger partial charge in [-0.3, -0.25) is 14.3 Å². The highest BCUT2D eigenvalue weighted by molar-refractivity contribution is 7.92. The molecule has 3 aromatic rings. The van der Waals surface area contributed by atoms with Crippen molar-refractivity contribution in [2.45, 2.75) is 11.3 Å². The monoisotopic (exact) mass is 498 g/mol. The molecule has 9 nitrogen and oxygen atoms in total. The van der Waals surface area contributed by atoms with Crippen LogP contribution in [-0.2, 0) is 30.7 Å². The molecular formula is C25H26N2O7S. The lowest BCUT2D eigenvalue weighted by Gasteiger charge is -2.15.